The monoisotopic (exact) mass is 497 g/mol. The summed E-state index contributed by atoms with van der Waals surface area (Å²) in [5.74, 6) is 6.25. The third kappa shape index (κ3) is 3.91. The van der Waals surface area contributed by atoms with Crippen LogP contribution < -0.4 is 11.2 Å². The second-order valence-corrected chi connectivity index (χ2v) is 9.22. The van der Waals surface area contributed by atoms with Crippen molar-refractivity contribution < 1.29 is 9.18 Å². The van der Waals surface area contributed by atoms with Crippen LogP contribution in [-0.2, 0) is 11.2 Å². The van der Waals surface area contributed by atoms with Crippen molar-refractivity contribution in [3.8, 4) is 28.5 Å². The molecule has 1 aliphatic carbocycles. The summed E-state index contributed by atoms with van der Waals surface area (Å²) in [7, 11) is 0. The SMILES string of the molecule is Nn1c(SCC(=O)Nc2ccc(F)cc2)nnc1-c1nn(-c2ccccc2)c2c1Cc1ccccc1-2. The predicted octanol–water partition coefficient (Wildman–Crippen LogP) is 4.29. The predicted molar refractivity (Wildman–Crippen MR) is 137 cm³/mol. The Morgan fingerprint density at radius 2 is 1.75 bits per heavy atom. The number of aromatic nitrogens is 5. The van der Waals surface area contributed by atoms with Crippen molar-refractivity contribution in [1.29, 1.82) is 0 Å². The fourth-order valence-electron chi connectivity index (χ4n) is 4.32. The van der Waals surface area contributed by atoms with Crippen LogP contribution in [0, 0.1) is 5.82 Å². The largest absolute Gasteiger partial charge is 0.335 e. The number of benzene rings is 3. The Bertz CT molecular complexity index is 1580. The lowest BCUT2D eigenvalue weighted by molar-refractivity contribution is -0.113. The molecule has 0 spiro atoms. The van der Waals surface area contributed by atoms with Crippen LogP contribution >= 0.6 is 11.8 Å². The van der Waals surface area contributed by atoms with Gasteiger partial charge in [0.15, 0.2) is 0 Å². The summed E-state index contributed by atoms with van der Waals surface area (Å²) in [4.78, 5) is 12.4. The van der Waals surface area contributed by atoms with E-state index in [2.05, 4.69) is 27.6 Å². The van der Waals surface area contributed by atoms with Gasteiger partial charge in [-0.2, -0.15) is 5.10 Å². The van der Waals surface area contributed by atoms with Crippen LogP contribution in [0.2, 0.25) is 0 Å². The van der Waals surface area contributed by atoms with E-state index >= 15 is 0 Å². The molecule has 0 unspecified atom stereocenters. The van der Waals surface area contributed by atoms with Gasteiger partial charge in [-0.1, -0.05) is 54.2 Å². The number of halogens is 1. The average molecular weight is 498 g/mol. The van der Waals surface area contributed by atoms with Crippen molar-refractivity contribution in [3.05, 3.63) is 95.8 Å². The van der Waals surface area contributed by atoms with Crippen molar-refractivity contribution in [2.24, 2.45) is 0 Å². The molecule has 2 heterocycles. The Morgan fingerprint density at radius 3 is 2.56 bits per heavy atom. The molecule has 1 aliphatic rings. The van der Waals surface area contributed by atoms with Gasteiger partial charge in [0.1, 0.15) is 11.5 Å². The molecule has 10 heteroatoms. The van der Waals surface area contributed by atoms with Gasteiger partial charge in [0.05, 0.1) is 17.1 Å². The maximum absolute atomic E-state index is 13.1. The Hall–Kier alpha value is -4.44. The molecule has 0 fully saturated rings. The molecule has 0 aliphatic heterocycles. The fourth-order valence-corrected chi connectivity index (χ4v) is 4.98. The van der Waals surface area contributed by atoms with E-state index in [9.17, 15) is 9.18 Å². The zero-order valence-corrected chi connectivity index (χ0v) is 19.7. The molecule has 36 heavy (non-hydrogen) atoms. The number of nitrogens with zero attached hydrogens (tertiary/aromatic N) is 5. The molecule has 6 rings (SSSR count). The van der Waals surface area contributed by atoms with Gasteiger partial charge in [-0.05, 0) is 42.0 Å². The lowest BCUT2D eigenvalue weighted by Crippen LogP contribution is -2.16. The number of hydrogen-bond donors (Lipinski definition) is 2. The highest BCUT2D eigenvalue weighted by Crippen LogP contribution is 2.42. The van der Waals surface area contributed by atoms with Crippen LogP contribution in [0.1, 0.15) is 11.1 Å². The molecule has 5 aromatic rings. The van der Waals surface area contributed by atoms with Crippen molar-refractivity contribution >= 4 is 23.4 Å². The standard InChI is InChI=1S/C26H20FN7OS/c27-17-10-12-18(13-11-17)29-22(35)15-36-26-31-30-25(33(26)28)23-21-14-16-6-4-5-9-20(16)24(21)34(32-23)19-7-2-1-3-8-19/h1-13H,14-15,28H2,(H,29,35). The fraction of sp³-hybridized carbons (Fsp3) is 0.0769. The van der Waals surface area contributed by atoms with Gasteiger partial charge in [-0.3, -0.25) is 4.79 Å². The molecule has 3 aromatic carbocycles. The highest BCUT2D eigenvalue weighted by Gasteiger charge is 2.31. The van der Waals surface area contributed by atoms with Crippen LogP contribution in [-0.4, -0.2) is 36.3 Å². The summed E-state index contributed by atoms with van der Waals surface area (Å²) in [6.45, 7) is 0. The number of thioether (sulfide) groups is 1. The third-order valence-electron chi connectivity index (χ3n) is 5.96. The summed E-state index contributed by atoms with van der Waals surface area (Å²) in [5, 5.41) is 16.5. The highest BCUT2D eigenvalue weighted by molar-refractivity contribution is 7.99. The lowest BCUT2D eigenvalue weighted by Gasteiger charge is -2.07. The second kappa shape index (κ2) is 8.97. The molecule has 178 valence electrons. The molecule has 0 bridgehead atoms. The van der Waals surface area contributed by atoms with E-state index in [4.69, 9.17) is 10.9 Å². The minimum atomic E-state index is -0.365. The van der Waals surface area contributed by atoms with E-state index in [0.29, 0.717) is 28.8 Å². The van der Waals surface area contributed by atoms with Gasteiger partial charge in [-0.15, -0.1) is 10.2 Å². The molecule has 2 aromatic heterocycles. The summed E-state index contributed by atoms with van der Waals surface area (Å²) < 4.78 is 16.4. The second-order valence-electron chi connectivity index (χ2n) is 8.28. The van der Waals surface area contributed by atoms with E-state index in [-0.39, 0.29) is 17.5 Å². The summed E-state index contributed by atoms with van der Waals surface area (Å²) in [6.07, 6.45) is 0.711. The molecular weight excluding hydrogens is 477 g/mol. The van der Waals surface area contributed by atoms with Gasteiger partial charge in [0.2, 0.25) is 16.9 Å². The van der Waals surface area contributed by atoms with E-state index < -0.39 is 0 Å². The smallest absolute Gasteiger partial charge is 0.234 e. The van der Waals surface area contributed by atoms with Gasteiger partial charge < -0.3 is 11.2 Å². The van der Waals surface area contributed by atoms with E-state index in [0.717, 1.165) is 34.3 Å². The Labute approximate surface area is 209 Å². The molecule has 8 nitrogen and oxygen atoms in total. The molecular formula is C26H20FN7OS. The number of carbonyl (C=O) groups is 1. The Morgan fingerprint density at radius 1 is 1.00 bits per heavy atom. The quantitative estimate of drug-likeness (QED) is 0.263. The van der Waals surface area contributed by atoms with Crippen LogP contribution in [0.4, 0.5) is 10.1 Å². The molecule has 0 saturated carbocycles. The average Bonchev–Trinajstić information content (AvgIpc) is 3.57. The first-order valence-corrected chi connectivity index (χ1v) is 12.2. The first kappa shape index (κ1) is 22.1. The van der Waals surface area contributed by atoms with Crippen molar-refractivity contribution in [2.45, 2.75) is 11.6 Å². The van der Waals surface area contributed by atoms with Gasteiger partial charge in [-0.25, -0.2) is 13.7 Å². The van der Waals surface area contributed by atoms with Crippen molar-refractivity contribution in [1.82, 2.24) is 24.7 Å². The maximum atomic E-state index is 13.1. The Kier molecular flexibility index (Phi) is 5.49. The summed E-state index contributed by atoms with van der Waals surface area (Å²) >= 11 is 1.16. The van der Waals surface area contributed by atoms with E-state index in [1.165, 1.54) is 34.5 Å². The first-order valence-electron chi connectivity index (χ1n) is 11.2. The maximum Gasteiger partial charge on any atom is 0.234 e. The molecule has 1 amide bonds. The number of anilines is 1. The number of fused-ring (bicyclic) bond motifs is 3. The zero-order chi connectivity index (χ0) is 24.6. The number of para-hydroxylation sites is 1. The van der Waals surface area contributed by atoms with Crippen molar-refractivity contribution in [2.75, 3.05) is 16.9 Å². The van der Waals surface area contributed by atoms with Crippen LogP contribution in [0.5, 0.6) is 0 Å². The minimum Gasteiger partial charge on any atom is -0.335 e. The molecule has 0 saturated heterocycles. The first-order chi connectivity index (χ1) is 17.6. The van der Waals surface area contributed by atoms with Gasteiger partial charge >= 0.3 is 0 Å². The topological polar surface area (TPSA) is 104 Å². The van der Waals surface area contributed by atoms with Crippen molar-refractivity contribution in [3.63, 3.8) is 0 Å². The summed E-state index contributed by atoms with van der Waals surface area (Å²) in [5.41, 5.74) is 6.50. The number of hydrogen-bond acceptors (Lipinski definition) is 6. The van der Waals surface area contributed by atoms with Crippen LogP contribution in [0.3, 0.4) is 0 Å². The number of rotatable bonds is 6. The zero-order valence-electron chi connectivity index (χ0n) is 18.9. The molecule has 0 radical (unpaired) electrons. The normalized spacial score (nSPS) is 11.8. The number of nitrogens with two attached hydrogens (primary N) is 1. The number of carbonyl (C=O) groups excluding carboxylic acids is 1. The minimum absolute atomic E-state index is 0.0642. The van der Waals surface area contributed by atoms with Gasteiger partial charge in [0, 0.05) is 23.2 Å². The molecule has 3 N–H and O–H groups in total. The van der Waals surface area contributed by atoms with Crippen LogP contribution in [0.15, 0.2) is 84.0 Å². The number of nitrogens with one attached hydrogen (secondary N) is 1. The number of nitrogen functional groups attached to an aromatic ring is 1. The molecule has 0 atom stereocenters. The van der Waals surface area contributed by atoms with Crippen LogP contribution in [0.25, 0.3) is 28.5 Å². The van der Waals surface area contributed by atoms with Gasteiger partial charge in [0.25, 0.3) is 0 Å². The van der Waals surface area contributed by atoms with E-state index in [1.807, 2.05) is 47.1 Å². The lowest BCUT2D eigenvalue weighted by atomic mass is 10.1. The Balaban J connectivity index is 1.29. The van der Waals surface area contributed by atoms with E-state index in [1.54, 1.807) is 0 Å². The number of amides is 1. The summed E-state index contributed by atoms with van der Waals surface area (Å²) in [6, 6.07) is 23.8. The highest BCUT2D eigenvalue weighted by atomic mass is 32.2. The third-order valence-corrected chi connectivity index (χ3v) is 6.90.